The van der Waals surface area contributed by atoms with Gasteiger partial charge in [0.05, 0.1) is 6.10 Å². The van der Waals surface area contributed by atoms with Gasteiger partial charge in [0.2, 0.25) is 0 Å². The molecule has 0 aliphatic rings. The maximum absolute atomic E-state index is 9.59. The fourth-order valence-electron chi connectivity index (χ4n) is 1.21. The van der Waals surface area contributed by atoms with Crippen molar-refractivity contribution >= 4 is 5.69 Å². The molecule has 1 aromatic rings. The molecule has 3 N–H and O–H groups in total. The predicted molar refractivity (Wildman–Crippen MR) is 50.7 cm³/mol. The molecule has 0 heterocycles. The largest absolute Gasteiger partial charge is 0.399 e. The van der Waals surface area contributed by atoms with Gasteiger partial charge in [-0.05, 0) is 24.1 Å². The van der Waals surface area contributed by atoms with Crippen molar-refractivity contribution in [1.82, 2.24) is 0 Å². The topological polar surface area (TPSA) is 46.2 Å². The first-order chi connectivity index (χ1) is 5.74. The van der Waals surface area contributed by atoms with Crippen LogP contribution in [-0.4, -0.2) is 5.11 Å². The van der Waals surface area contributed by atoms with E-state index in [1.54, 1.807) is 0 Å². The quantitative estimate of drug-likeness (QED) is 0.674. The number of anilines is 1. The second-order valence-electron chi connectivity index (χ2n) is 2.97. The molecule has 2 heteroatoms. The lowest BCUT2D eigenvalue weighted by molar-refractivity contribution is 0.166. The number of aliphatic hydroxyl groups excluding tert-OH is 1. The minimum atomic E-state index is -0.363. The highest BCUT2D eigenvalue weighted by Gasteiger charge is 2.04. The minimum Gasteiger partial charge on any atom is -0.399 e. The van der Waals surface area contributed by atoms with Crippen LogP contribution in [0.5, 0.6) is 0 Å². The molecule has 0 aromatic heterocycles. The van der Waals surface area contributed by atoms with Gasteiger partial charge in [0.25, 0.3) is 0 Å². The Morgan fingerprint density at radius 2 is 2.25 bits per heavy atom. The van der Waals surface area contributed by atoms with E-state index in [1.165, 1.54) is 0 Å². The van der Waals surface area contributed by atoms with Gasteiger partial charge < -0.3 is 10.8 Å². The van der Waals surface area contributed by atoms with Gasteiger partial charge in [-0.25, -0.2) is 0 Å². The van der Waals surface area contributed by atoms with Crippen molar-refractivity contribution in [2.75, 3.05) is 5.73 Å². The van der Waals surface area contributed by atoms with Crippen LogP contribution in [0.25, 0.3) is 0 Å². The predicted octanol–water partition coefficient (Wildman–Crippen LogP) is 2.10. The van der Waals surface area contributed by atoms with Gasteiger partial charge >= 0.3 is 0 Å². The van der Waals surface area contributed by atoms with Gasteiger partial charge in [0.1, 0.15) is 0 Å². The Bertz CT molecular complexity index is 247. The number of rotatable bonds is 3. The summed E-state index contributed by atoms with van der Waals surface area (Å²) in [6, 6.07) is 7.41. The molecular weight excluding hydrogens is 150 g/mol. The Balaban J connectivity index is 2.73. The van der Waals surface area contributed by atoms with Crippen LogP contribution >= 0.6 is 0 Å². The highest BCUT2D eigenvalue weighted by Crippen LogP contribution is 2.19. The molecule has 1 rings (SSSR count). The molecule has 66 valence electrons. The zero-order chi connectivity index (χ0) is 8.97. The van der Waals surface area contributed by atoms with Crippen LogP contribution in [0.3, 0.4) is 0 Å². The van der Waals surface area contributed by atoms with Crippen LogP contribution in [0.2, 0.25) is 0 Å². The summed E-state index contributed by atoms with van der Waals surface area (Å²) >= 11 is 0. The summed E-state index contributed by atoms with van der Waals surface area (Å²) in [5, 5.41) is 9.59. The van der Waals surface area contributed by atoms with Gasteiger partial charge in [-0.2, -0.15) is 0 Å². The van der Waals surface area contributed by atoms with Crippen molar-refractivity contribution in [2.45, 2.75) is 25.9 Å². The molecule has 1 aromatic carbocycles. The second-order valence-corrected chi connectivity index (χ2v) is 2.97. The normalized spacial score (nSPS) is 12.8. The molecule has 0 saturated heterocycles. The fourth-order valence-corrected chi connectivity index (χ4v) is 1.21. The smallest absolute Gasteiger partial charge is 0.0790 e. The third kappa shape index (κ3) is 2.24. The molecule has 0 fully saturated rings. The van der Waals surface area contributed by atoms with Crippen LogP contribution in [0.4, 0.5) is 5.69 Å². The van der Waals surface area contributed by atoms with Gasteiger partial charge in [-0.15, -0.1) is 0 Å². The molecule has 0 bridgehead atoms. The monoisotopic (exact) mass is 165 g/mol. The van der Waals surface area contributed by atoms with E-state index in [4.69, 9.17) is 5.73 Å². The molecule has 0 amide bonds. The van der Waals surface area contributed by atoms with E-state index in [9.17, 15) is 5.11 Å². The molecule has 1 atom stereocenters. The average molecular weight is 165 g/mol. The molecule has 0 saturated carbocycles. The highest BCUT2D eigenvalue weighted by atomic mass is 16.3. The van der Waals surface area contributed by atoms with E-state index in [-0.39, 0.29) is 6.10 Å². The molecular formula is C10H15NO. The van der Waals surface area contributed by atoms with Gasteiger partial charge in [-0.3, -0.25) is 0 Å². The lowest BCUT2D eigenvalue weighted by Gasteiger charge is -2.09. The molecule has 0 aliphatic carbocycles. The van der Waals surface area contributed by atoms with Gasteiger partial charge in [-0.1, -0.05) is 25.5 Å². The summed E-state index contributed by atoms with van der Waals surface area (Å²) in [7, 11) is 0. The number of aliphatic hydroxyl groups is 1. The number of nitrogen functional groups attached to an aromatic ring is 1. The van der Waals surface area contributed by atoms with E-state index in [1.807, 2.05) is 24.3 Å². The van der Waals surface area contributed by atoms with Crippen LogP contribution < -0.4 is 5.73 Å². The summed E-state index contributed by atoms with van der Waals surface area (Å²) < 4.78 is 0. The van der Waals surface area contributed by atoms with Crippen molar-refractivity contribution in [1.29, 1.82) is 0 Å². The maximum atomic E-state index is 9.59. The second kappa shape index (κ2) is 4.12. The number of hydrogen-bond acceptors (Lipinski definition) is 2. The molecule has 0 unspecified atom stereocenters. The Hall–Kier alpha value is -1.02. The van der Waals surface area contributed by atoms with E-state index in [0.29, 0.717) is 5.69 Å². The third-order valence-corrected chi connectivity index (χ3v) is 1.86. The van der Waals surface area contributed by atoms with E-state index >= 15 is 0 Å². The minimum absolute atomic E-state index is 0.363. The molecule has 12 heavy (non-hydrogen) atoms. The lowest BCUT2D eigenvalue weighted by Crippen LogP contribution is -1.97. The van der Waals surface area contributed by atoms with Gasteiger partial charge in [0, 0.05) is 5.69 Å². The summed E-state index contributed by atoms with van der Waals surface area (Å²) in [5.74, 6) is 0. The van der Waals surface area contributed by atoms with E-state index in [0.717, 1.165) is 18.4 Å². The van der Waals surface area contributed by atoms with E-state index in [2.05, 4.69) is 6.92 Å². The van der Waals surface area contributed by atoms with Crippen molar-refractivity contribution < 1.29 is 5.11 Å². The SMILES string of the molecule is CCC[C@H](O)c1cccc(N)c1. The lowest BCUT2D eigenvalue weighted by atomic mass is 10.1. The Labute approximate surface area is 73.0 Å². The first-order valence-corrected chi connectivity index (χ1v) is 4.27. The zero-order valence-corrected chi connectivity index (χ0v) is 7.33. The number of nitrogens with two attached hydrogens (primary N) is 1. The van der Waals surface area contributed by atoms with Crippen molar-refractivity contribution in [3.8, 4) is 0 Å². The summed E-state index contributed by atoms with van der Waals surface area (Å²) in [4.78, 5) is 0. The third-order valence-electron chi connectivity index (χ3n) is 1.86. The Morgan fingerprint density at radius 3 is 2.83 bits per heavy atom. The summed E-state index contributed by atoms with van der Waals surface area (Å²) in [6.07, 6.45) is 1.41. The summed E-state index contributed by atoms with van der Waals surface area (Å²) in [5.41, 5.74) is 7.21. The zero-order valence-electron chi connectivity index (χ0n) is 7.33. The maximum Gasteiger partial charge on any atom is 0.0790 e. The molecule has 0 radical (unpaired) electrons. The van der Waals surface area contributed by atoms with Crippen molar-refractivity contribution in [3.63, 3.8) is 0 Å². The molecule has 2 nitrogen and oxygen atoms in total. The number of hydrogen-bond donors (Lipinski definition) is 2. The van der Waals surface area contributed by atoms with Crippen molar-refractivity contribution in [2.24, 2.45) is 0 Å². The van der Waals surface area contributed by atoms with Crippen molar-refractivity contribution in [3.05, 3.63) is 29.8 Å². The number of benzene rings is 1. The van der Waals surface area contributed by atoms with Crippen LogP contribution in [0.15, 0.2) is 24.3 Å². The Morgan fingerprint density at radius 1 is 1.50 bits per heavy atom. The first kappa shape index (κ1) is 9.07. The Kier molecular flexibility index (Phi) is 3.11. The fraction of sp³-hybridized carbons (Fsp3) is 0.400. The summed E-state index contributed by atoms with van der Waals surface area (Å²) in [6.45, 7) is 2.05. The van der Waals surface area contributed by atoms with Crippen LogP contribution in [-0.2, 0) is 0 Å². The highest BCUT2D eigenvalue weighted by molar-refractivity contribution is 5.41. The standard InChI is InChI=1S/C10H15NO/c1-2-4-10(12)8-5-3-6-9(11)7-8/h3,5-7,10,12H,2,4,11H2,1H3/t10-/m0/s1. The van der Waals surface area contributed by atoms with Crippen LogP contribution in [0.1, 0.15) is 31.4 Å². The first-order valence-electron chi connectivity index (χ1n) is 4.27. The average Bonchev–Trinajstić information content (AvgIpc) is 2.05. The molecule has 0 spiro atoms. The van der Waals surface area contributed by atoms with E-state index < -0.39 is 0 Å². The molecule has 0 aliphatic heterocycles. The van der Waals surface area contributed by atoms with Crippen LogP contribution in [0, 0.1) is 0 Å². The van der Waals surface area contributed by atoms with Gasteiger partial charge in [0.15, 0.2) is 0 Å².